The van der Waals surface area contributed by atoms with Crippen molar-refractivity contribution < 1.29 is 0 Å². The van der Waals surface area contributed by atoms with Gasteiger partial charge in [-0.25, -0.2) is 9.97 Å². The number of thioether (sulfide) groups is 1. The summed E-state index contributed by atoms with van der Waals surface area (Å²) in [5.74, 6) is 1.15. The van der Waals surface area contributed by atoms with Crippen LogP contribution in [0.5, 0.6) is 0 Å². The lowest BCUT2D eigenvalue weighted by molar-refractivity contribution is 0.242. The van der Waals surface area contributed by atoms with Crippen LogP contribution in [0.2, 0.25) is 0 Å². The molecular formula is C17H23N3S2. The number of thiophene rings is 1. The van der Waals surface area contributed by atoms with Crippen molar-refractivity contribution in [3.63, 3.8) is 0 Å². The number of nitrogens with zero attached hydrogens (tertiary/aromatic N) is 3. The van der Waals surface area contributed by atoms with Crippen molar-refractivity contribution in [1.82, 2.24) is 14.9 Å². The van der Waals surface area contributed by atoms with E-state index in [1.54, 1.807) is 16.8 Å². The van der Waals surface area contributed by atoms with Crippen LogP contribution in [-0.4, -0.2) is 40.3 Å². The van der Waals surface area contributed by atoms with Crippen molar-refractivity contribution >= 4 is 33.3 Å². The lowest BCUT2D eigenvalue weighted by atomic mass is 9.97. The number of piperidine rings is 1. The van der Waals surface area contributed by atoms with Crippen molar-refractivity contribution in [3.8, 4) is 0 Å². The van der Waals surface area contributed by atoms with Crippen LogP contribution in [0, 0.1) is 0 Å². The number of hydrogen-bond acceptors (Lipinski definition) is 5. The highest BCUT2D eigenvalue weighted by Crippen LogP contribution is 2.39. The van der Waals surface area contributed by atoms with Crippen molar-refractivity contribution in [2.24, 2.45) is 0 Å². The third kappa shape index (κ3) is 3.03. The summed E-state index contributed by atoms with van der Waals surface area (Å²) in [6.07, 6.45) is 11.1. The molecule has 0 unspecified atom stereocenters. The van der Waals surface area contributed by atoms with E-state index in [4.69, 9.17) is 0 Å². The minimum Gasteiger partial charge on any atom is -0.303 e. The van der Waals surface area contributed by atoms with Crippen LogP contribution in [0.15, 0.2) is 11.4 Å². The zero-order chi connectivity index (χ0) is 14.8. The summed E-state index contributed by atoms with van der Waals surface area (Å²) < 4.78 is 0. The molecular weight excluding hydrogens is 310 g/mol. The minimum atomic E-state index is 1.15. The van der Waals surface area contributed by atoms with E-state index >= 15 is 0 Å². The van der Waals surface area contributed by atoms with Crippen LogP contribution in [0.25, 0.3) is 10.2 Å². The standard InChI is InChI=1S/C17H23N3S2/c1-4-8-20(9-5-1)10-11-21-16-15-13-6-2-3-7-14(13)22-17(15)19-12-18-16/h12H,1-11H2. The SMILES string of the molecule is c1nc(SCCN2CCCCC2)c2c3c(sc2n1)CCCC3. The second-order valence-corrected chi connectivity index (χ2v) is 8.49. The second kappa shape index (κ2) is 6.85. The fourth-order valence-electron chi connectivity index (χ4n) is 3.63. The second-order valence-electron chi connectivity index (χ2n) is 6.32. The van der Waals surface area contributed by atoms with Gasteiger partial charge in [0, 0.05) is 22.6 Å². The topological polar surface area (TPSA) is 29.0 Å². The molecule has 0 N–H and O–H groups in total. The molecule has 1 aliphatic carbocycles. The van der Waals surface area contributed by atoms with Crippen molar-refractivity contribution in [2.75, 3.05) is 25.4 Å². The predicted octanol–water partition coefficient (Wildman–Crippen LogP) is 4.15. The average molecular weight is 334 g/mol. The van der Waals surface area contributed by atoms with Gasteiger partial charge in [0.25, 0.3) is 0 Å². The fraction of sp³-hybridized carbons (Fsp3) is 0.647. The first-order chi connectivity index (χ1) is 10.9. The van der Waals surface area contributed by atoms with Gasteiger partial charge < -0.3 is 4.90 Å². The first-order valence-electron chi connectivity index (χ1n) is 8.52. The molecule has 22 heavy (non-hydrogen) atoms. The molecule has 118 valence electrons. The van der Waals surface area contributed by atoms with Crippen molar-refractivity contribution in [2.45, 2.75) is 50.0 Å². The minimum absolute atomic E-state index is 1.15. The summed E-state index contributed by atoms with van der Waals surface area (Å²) in [6, 6.07) is 0. The summed E-state index contributed by atoms with van der Waals surface area (Å²) in [4.78, 5) is 14.5. The molecule has 3 heterocycles. The zero-order valence-electron chi connectivity index (χ0n) is 13.0. The molecule has 4 rings (SSSR count). The van der Waals surface area contributed by atoms with Crippen molar-refractivity contribution in [1.29, 1.82) is 0 Å². The average Bonchev–Trinajstić information content (AvgIpc) is 2.95. The number of hydrogen-bond donors (Lipinski definition) is 0. The van der Waals surface area contributed by atoms with Crippen LogP contribution in [0.4, 0.5) is 0 Å². The van der Waals surface area contributed by atoms with Crippen LogP contribution in [0.1, 0.15) is 42.5 Å². The predicted molar refractivity (Wildman–Crippen MR) is 95.1 cm³/mol. The van der Waals surface area contributed by atoms with Gasteiger partial charge in [-0.15, -0.1) is 23.1 Å². The highest BCUT2D eigenvalue weighted by Gasteiger charge is 2.20. The Kier molecular flexibility index (Phi) is 4.64. The van der Waals surface area contributed by atoms with E-state index in [0.717, 1.165) is 5.75 Å². The Balaban J connectivity index is 1.50. The molecule has 1 aliphatic heterocycles. The Morgan fingerprint density at radius 3 is 2.82 bits per heavy atom. The third-order valence-corrected chi connectivity index (χ3v) is 6.98. The zero-order valence-corrected chi connectivity index (χ0v) is 14.6. The van der Waals surface area contributed by atoms with E-state index < -0.39 is 0 Å². The van der Waals surface area contributed by atoms with Crippen molar-refractivity contribution in [3.05, 3.63) is 16.8 Å². The van der Waals surface area contributed by atoms with Gasteiger partial charge in [-0.1, -0.05) is 6.42 Å². The molecule has 2 aromatic heterocycles. The Hall–Kier alpha value is -0.650. The quantitative estimate of drug-likeness (QED) is 0.621. The molecule has 3 nitrogen and oxygen atoms in total. The summed E-state index contributed by atoms with van der Waals surface area (Å²) in [5, 5.41) is 2.60. The number of likely N-dealkylation sites (tertiary alicyclic amines) is 1. The summed E-state index contributed by atoms with van der Waals surface area (Å²) in [6.45, 7) is 3.77. The molecule has 0 spiro atoms. The maximum Gasteiger partial charge on any atom is 0.128 e. The van der Waals surface area contributed by atoms with E-state index in [2.05, 4.69) is 14.9 Å². The van der Waals surface area contributed by atoms with Gasteiger partial charge >= 0.3 is 0 Å². The van der Waals surface area contributed by atoms with E-state index in [0.29, 0.717) is 0 Å². The molecule has 2 aromatic rings. The van der Waals surface area contributed by atoms with Crippen LogP contribution in [0.3, 0.4) is 0 Å². The molecule has 2 aliphatic rings. The van der Waals surface area contributed by atoms with Gasteiger partial charge in [0.05, 0.1) is 0 Å². The van der Waals surface area contributed by atoms with E-state index in [1.807, 2.05) is 23.1 Å². The molecule has 0 amide bonds. The number of rotatable bonds is 4. The molecule has 0 atom stereocenters. The normalized spacial score (nSPS) is 19.5. The monoisotopic (exact) mass is 333 g/mol. The van der Waals surface area contributed by atoms with Crippen LogP contribution < -0.4 is 0 Å². The van der Waals surface area contributed by atoms with Gasteiger partial charge in [-0.2, -0.15) is 0 Å². The number of fused-ring (bicyclic) bond motifs is 3. The maximum atomic E-state index is 4.61. The highest BCUT2D eigenvalue weighted by atomic mass is 32.2. The number of aromatic nitrogens is 2. The molecule has 0 bridgehead atoms. The Morgan fingerprint density at radius 2 is 1.91 bits per heavy atom. The highest BCUT2D eigenvalue weighted by molar-refractivity contribution is 7.99. The van der Waals surface area contributed by atoms with Gasteiger partial charge in [0.1, 0.15) is 16.2 Å². The molecule has 0 aromatic carbocycles. The van der Waals surface area contributed by atoms with Gasteiger partial charge in [-0.05, 0) is 57.2 Å². The first-order valence-corrected chi connectivity index (χ1v) is 10.3. The largest absolute Gasteiger partial charge is 0.303 e. The maximum absolute atomic E-state index is 4.61. The molecule has 5 heteroatoms. The summed E-state index contributed by atoms with van der Waals surface area (Å²) >= 11 is 3.84. The molecule has 0 radical (unpaired) electrons. The van der Waals surface area contributed by atoms with Gasteiger partial charge in [0.2, 0.25) is 0 Å². The van der Waals surface area contributed by atoms with Crippen LogP contribution >= 0.6 is 23.1 Å². The smallest absolute Gasteiger partial charge is 0.128 e. The number of aryl methyl sites for hydroxylation is 2. The molecule has 1 saturated heterocycles. The Labute approximate surface area is 140 Å². The van der Waals surface area contributed by atoms with Gasteiger partial charge in [-0.3, -0.25) is 0 Å². The van der Waals surface area contributed by atoms with Crippen LogP contribution in [-0.2, 0) is 12.8 Å². The fourth-order valence-corrected chi connectivity index (χ4v) is 5.95. The summed E-state index contributed by atoms with van der Waals surface area (Å²) in [5.41, 5.74) is 1.56. The lowest BCUT2D eigenvalue weighted by Crippen LogP contribution is -2.31. The first kappa shape index (κ1) is 14.9. The summed E-state index contributed by atoms with van der Waals surface area (Å²) in [7, 11) is 0. The molecule has 1 fully saturated rings. The Morgan fingerprint density at radius 1 is 1.05 bits per heavy atom. The van der Waals surface area contributed by atoms with E-state index in [9.17, 15) is 0 Å². The Bertz CT molecular complexity index is 647. The van der Waals surface area contributed by atoms with Gasteiger partial charge in [0.15, 0.2) is 0 Å². The lowest BCUT2D eigenvalue weighted by Gasteiger charge is -2.26. The molecule has 0 saturated carbocycles. The van der Waals surface area contributed by atoms with E-state index in [1.165, 1.54) is 79.8 Å². The third-order valence-electron chi connectivity index (χ3n) is 4.81. The van der Waals surface area contributed by atoms with E-state index in [-0.39, 0.29) is 0 Å².